The highest BCUT2D eigenvalue weighted by atomic mass is 32.2. The zero-order valence-electron chi connectivity index (χ0n) is 6.30. The van der Waals surface area contributed by atoms with Crippen molar-refractivity contribution in [2.75, 3.05) is 0 Å². The second-order valence-electron chi connectivity index (χ2n) is 3.04. The van der Waals surface area contributed by atoms with Crippen molar-refractivity contribution >= 4 is 10.7 Å². The van der Waals surface area contributed by atoms with Gasteiger partial charge < -0.3 is 0 Å². The molecule has 0 radical (unpaired) electrons. The average molecular weight is 162 g/mol. The standard InChI is InChI=1S/C7H14O2S/c1-2-7(10(8)9)5-3-4-6-7/h10H,2-6H2,1H3. The molecule has 0 unspecified atom stereocenters. The first kappa shape index (κ1) is 8.05. The van der Waals surface area contributed by atoms with E-state index in [0.29, 0.717) is 0 Å². The number of thiol groups is 1. The van der Waals surface area contributed by atoms with Crippen molar-refractivity contribution in [3.8, 4) is 0 Å². The first-order chi connectivity index (χ1) is 4.71. The van der Waals surface area contributed by atoms with Crippen molar-refractivity contribution in [1.29, 1.82) is 0 Å². The molecular formula is C7H14O2S. The summed E-state index contributed by atoms with van der Waals surface area (Å²) in [6.07, 6.45) is 4.77. The number of rotatable bonds is 2. The van der Waals surface area contributed by atoms with Gasteiger partial charge in [0.05, 0.1) is 4.75 Å². The average Bonchev–Trinajstić information content (AvgIpc) is 2.35. The Labute approximate surface area is 63.6 Å². The normalized spacial score (nSPS) is 23.8. The summed E-state index contributed by atoms with van der Waals surface area (Å²) >= 11 is 0. The molecule has 0 N–H and O–H groups in total. The Bertz CT molecular complexity index is 170. The lowest BCUT2D eigenvalue weighted by atomic mass is 10.0. The maximum Gasteiger partial charge on any atom is 0.145 e. The Morgan fingerprint density at radius 2 is 1.80 bits per heavy atom. The summed E-state index contributed by atoms with van der Waals surface area (Å²) in [5.41, 5.74) is 0. The molecule has 60 valence electrons. The van der Waals surface area contributed by atoms with Crippen LogP contribution in [0.15, 0.2) is 0 Å². The summed E-state index contributed by atoms with van der Waals surface area (Å²) in [5.74, 6) is 0. The minimum atomic E-state index is -2.19. The summed E-state index contributed by atoms with van der Waals surface area (Å²) in [6.45, 7) is 1.97. The molecule has 1 aliphatic rings. The van der Waals surface area contributed by atoms with Gasteiger partial charge in [0.1, 0.15) is 10.7 Å². The lowest BCUT2D eigenvalue weighted by Gasteiger charge is -2.18. The van der Waals surface area contributed by atoms with E-state index in [1.165, 1.54) is 0 Å². The SMILES string of the molecule is CCC1([SH](=O)=O)CCCC1. The minimum absolute atomic E-state index is 0.310. The summed E-state index contributed by atoms with van der Waals surface area (Å²) < 4.78 is 21.3. The molecule has 0 atom stereocenters. The number of hydrogen-bond donors (Lipinski definition) is 1. The van der Waals surface area contributed by atoms with Crippen LogP contribution in [0.5, 0.6) is 0 Å². The van der Waals surface area contributed by atoms with Gasteiger partial charge in [-0.05, 0) is 19.3 Å². The van der Waals surface area contributed by atoms with Gasteiger partial charge in [-0.15, -0.1) is 0 Å². The molecule has 1 fully saturated rings. The highest BCUT2D eigenvalue weighted by molar-refractivity contribution is 7.74. The second-order valence-corrected chi connectivity index (χ2v) is 4.51. The summed E-state index contributed by atoms with van der Waals surface area (Å²) in [4.78, 5) is 0. The Morgan fingerprint density at radius 3 is 2.00 bits per heavy atom. The van der Waals surface area contributed by atoms with E-state index in [9.17, 15) is 8.42 Å². The van der Waals surface area contributed by atoms with Crippen molar-refractivity contribution in [3.63, 3.8) is 0 Å². The molecule has 1 aliphatic carbocycles. The first-order valence-electron chi connectivity index (χ1n) is 3.86. The summed E-state index contributed by atoms with van der Waals surface area (Å²) in [5, 5.41) is 0. The van der Waals surface area contributed by atoms with E-state index in [4.69, 9.17) is 0 Å². The van der Waals surface area contributed by atoms with Crippen LogP contribution in [0.1, 0.15) is 39.0 Å². The molecule has 0 aromatic rings. The summed E-state index contributed by atoms with van der Waals surface area (Å²) in [7, 11) is -2.19. The van der Waals surface area contributed by atoms with Crippen LogP contribution in [0.4, 0.5) is 0 Å². The van der Waals surface area contributed by atoms with Crippen LogP contribution in [-0.4, -0.2) is 13.2 Å². The van der Waals surface area contributed by atoms with Gasteiger partial charge >= 0.3 is 0 Å². The van der Waals surface area contributed by atoms with Crippen LogP contribution >= 0.6 is 0 Å². The topological polar surface area (TPSA) is 34.1 Å². The van der Waals surface area contributed by atoms with Crippen LogP contribution < -0.4 is 0 Å². The van der Waals surface area contributed by atoms with E-state index in [0.717, 1.165) is 32.1 Å². The maximum atomic E-state index is 10.8. The van der Waals surface area contributed by atoms with Crippen LogP contribution in [0.3, 0.4) is 0 Å². The van der Waals surface area contributed by atoms with Crippen LogP contribution in [0.25, 0.3) is 0 Å². The van der Waals surface area contributed by atoms with Crippen molar-refractivity contribution < 1.29 is 8.42 Å². The third kappa shape index (κ3) is 1.19. The molecule has 3 heteroatoms. The van der Waals surface area contributed by atoms with Crippen molar-refractivity contribution in [2.24, 2.45) is 0 Å². The predicted molar refractivity (Wildman–Crippen MR) is 41.8 cm³/mol. The van der Waals surface area contributed by atoms with Gasteiger partial charge in [0.2, 0.25) is 0 Å². The van der Waals surface area contributed by atoms with Gasteiger partial charge in [0.25, 0.3) is 0 Å². The molecule has 0 bridgehead atoms. The lowest BCUT2D eigenvalue weighted by Crippen LogP contribution is -2.25. The van der Waals surface area contributed by atoms with Gasteiger partial charge in [0.15, 0.2) is 0 Å². The van der Waals surface area contributed by atoms with Gasteiger partial charge in [-0.25, -0.2) is 8.42 Å². The Kier molecular flexibility index (Phi) is 2.34. The minimum Gasteiger partial charge on any atom is -0.231 e. The van der Waals surface area contributed by atoms with Gasteiger partial charge in [0, 0.05) is 0 Å². The molecule has 1 rings (SSSR count). The Balaban J connectivity index is 2.77. The Morgan fingerprint density at radius 1 is 1.30 bits per heavy atom. The van der Waals surface area contributed by atoms with Crippen LogP contribution in [0, 0.1) is 0 Å². The maximum absolute atomic E-state index is 10.8. The highest BCUT2D eigenvalue weighted by Crippen LogP contribution is 2.35. The first-order valence-corrected chi connectivity index (χ1v) is 5.03. The van der Waals surface area contributed by atoms with Crippen LogP contribution in [-0.2, 0) is 10.7 Å². The molecule has 0 aromatic heterocycles. The third-order valence-corrected chi connectivity index (χ3v) is 4.12. The van der Waals surface area contributed by atoms with E-state index in [-0.39, 0.29) is 4.75 Å². The largest absolute Gasteiger partial charge is 0.231 e. The molecule has 0 spiro atoms. The Hall–Kier alpha value is -0.0500. The molecule has 0 saturated heterocycles. The van der Waals surface area contributed by atoms with E-state index in [1.807, 2.05) is 6.92 Å². The quantitative estimate of drug-likeness (QED) is 0.621. The predicted octanol–water partition coefficient (Wildman–Crippen LogP) is 1.32. The molecule has 2 nitrogen and oxygen atoms in total. The molecule has 0 aromatic carbocycles. The molecule has 0 amide bonds. The van der Waals surface area contributed by atoms with E-state index in [1.54, 1.807) is 0 Å². The van der Waals surface area contributed by atoms with Gasteiger partial charge in [-0.3, -0.25) is 0 Å². The zero-order chi connectivity index (χ0) is 7.61. The van der Waals surface area contributed by atoms with Gasteiger partial charge in [-0.1, -0.05) is 19.8 Å². The third-order valence-electron chi connectivity index (χ3n) is 2.58. The van der Waals surface area contributed by atoms with Crippen LogP contribution in [0.2, 0.25) is 0 Å². The van der Waals surface area contributed by atoms with E-state index < -0.39 is 10.7 Å². The lowest BCUT2D eigenvalue weighted by molar-refractivity contribution is 0.517. The van der Waals surface area contributed by atoms with Gasteiger partial charge in [-0.2, -0.15) is 0 Å². The van der Waals surface area contributed by atoms with Crippen molar-refractivity contribution in [2.45, 2.75) is 43.8 Å². The molecule has 0 heterocycles. The number of hydrogen-bond acceptors (Lipinski definition) is 2. The molecule has 10 heavy (non-hydrogen) atoms. The fourth-order valence-electron chi connectivity index (χ4n) is 1.70. The zero-order valence-corrected chi connectivity index (χ0v) is 7.19. The fourth-order valence-corrected chi connectivity index (χ4v) is 2.64. The van der Waals surface area contributed by atoms with E-state index >= 15 is 0 Å². The molecular weight excluding hydrogens is 148 g/mol. The van der Waals surface area contributed by atoms with E-state index in [2.05, 4.69) is 0 Å². The second kappa shape index (κ2) is 2.91. The fraction of sp³-hybridized carbons (Fsp3) is 1.00. The highest BCUT2D eigenvalue weighted by Gasteiger charge is 2.35. The molecule has 0 aliphatic heterocycles. The monoisotopic (exact) mass is 162 g/mol. The van der Waals surface area contributed by atoms with Crippen molar-refractivity contribution in [1.82, 2.24) is 0 Å². The smallest absolute Gasteiger partial charge is 0.145 e. The molecule has 1 saturated carbocycles. The summed E-state index contributed by atoms with van der Waals surface area (Å²) in [6, 6.07) is 0. The van der Waals surface area contributed by atoms with Crippen molar-refractivity contribution in [3.05, 3.63) is 0 Å².